The highest BCUT2D eigenvalue weighted by Crippen LogP contribution is 2.39. The number of aromatic nitrogens is 2. The maximum Gasteiger partial charge on any atom is 0.274 e. The highest BCUT2D eigenvalue weighted by Gasteiger charge is 2.39. The van der Waals surface area contributed by atoms with E-state index in [0.717, 1.165) is 0 Å². The second-order valence-corrected chi connectivity index (χ2v) is 5.06. The molecule has 0 spiro atoms. The predicted octanol–water partition coefficient (Wildman–Crippen LogP) is 0.921. The number of carbonyl (C=O) groups excluding carboxylic acids is 1. The summed E-state index contributed by atoms with van der Waals surface area (Å²) < 4.78 is 1.55. The number of nitrogens with two attached hydrogens (primary N) is 1. The molecule has 1 fully saturated rings. The van der Waals surface area contributed by atoms with E-state index in [1.807, 2.05) is 13.8 Å². The van der Waals surface area contributed by atoms with Crippen molar-refractivity contribution in [3.8, 4) is 0 Å². The topological polar surface area (TPSA) is 72.9 Å². The normalized spacial score (nSPS) is 16.2. The van der Waals surface area contributed by atoms with Gasteiger partial charge in [0, 0.05) is 18.8 Å². The zero-order valence-electron chi connectivity index (χ0n) is 9.95. The molecule has 1 aromatic heterocycles. The maximum absolute atomic E-state index is 12.0. The Labute approximate surface area is 95.0 Å². The number of rotatable bonds is 3. The summed E-state index contributed by atoms with van der Waals surface area (Å²) in [6.07, 6.45) is 4.01. The van der Waals surface area contributed by atoms with Gasteiger partial charge in [-0.3, -0.25) is 9.48 Å². The van der Waals surface area contributed by atoms with Gasteiger partial charge in [0.15, 0.2) is 5.69 Å². The van der Waals surface area contributed by atoms with Gasteiger partial charge in [-0.05, 0) is 32.6 Å². The molecule has 0 saturated heterocycles. The van der Waals surface area contributed by atoms with E-state index in [-0.39, 0.29) is 11.4 Å². The van der Waals surface area contributed by atoms with Gasteiger partial charge in [-0.1, -0.05) is 0 Å². The van der Waals surface area contributed by atoms with E-state index in [2.05, 4.69) is 10.4 Å². The maximum atomic E-state index is 12.0. The number of nitrogen functional groups attached to an aromatic ring is 1. The van der Waals surface area contributed by atoms with Crippen molar-refractivity contribution in [3.63, 3.8) is 0 Å². The molecular formula is C11H18N4O. The second-order valence-electron chi connectivity index (χ2n) is 5.06. The summed E-state index contributed by atoms with van der Waals surface area (Å²) in [5.74, 6) is 0.399. The molecule has 1 heterocycles. The fourth-order valence-electron chi connectivity index (χ4n) is 1.94. The summed E-state index contributed by atoms with van der Waals surface area (Å²) in [4.78, 5) is 12.0. The lowest BCUT2D eigenvalue weighted by molar-refractivity contribution is 0.0898. The highest BCUT2D eigenvalue weighted by molar-refractivity contribution is 5.97. The van der Waals surface area contributed by atoms with E-state index >= 15 is 0 Å². The number of amides is 1. The molecule has 3 N–H and O–H groups in total. The molecule has 0 radical (unpaired) electrons. The van der Waals surface area contributed by atoms with Gasteiger partial charge in [0.1, 0.15) is 0 Å². The SMILES string of the molecule is Cn1cc(N)c(C(=O)NC(C)(C)C2CC2)n1. The van der Waals surface area contributed by atoms with Crippen LogP contribution in [0.2, 0.25) is 0 Å². The minimum Gasteiger partial charge on any atom is -0.396 e. The average molecular weight is 222 g/mol. The Kier molecular flexibility index (Phi) is 2.40. The van der Waals surface area contributed by atoms with Gasteiger partial charge in [-0.2, -0.15) is 5.10 Å². The minimum absolute atomic E-state index is 0.166. The number of anilines is 1. The summed E-state index contributed by atoms with van der Waals surface area (Å²) in [5.41, 5.74) is 6.28. The number of nitrogens with zero attached hydrogens (tertiary/aromatic N) is 2. The quantitative estimate of drug-likeness (QED) is 0.798. The van der Waals surface area contributed by atoms with Crippen molar-refractivity contribution in [1.82, 2.24) is 15.1 Å². The third kappa shape index (κ3) is 2.03. The van der Waals surface area contributed by atoms with Gasteiger partial charge in [0.25, 0.3) is 5.91 Å². The molecule has 0 aromatic carbocycles. The van der Waals surface area contributed by atoms with Crippen LogP contribution >= 0.6 is 0 Å². The van der Waals surface area contributed by atoms with Crippen LogP contribution in [0.5, 0.6) is 0 Å². The van der Waals surface area contributed by atoms with E-state index in [1.54, 1.807) is 17.9 Å². The van der Waals surface area contributed by atoms with Crippen LogP contribution in [0.3, 0.4) is 0 Å². The van der Waals surface area contributed by atoms with Crippen LogP contribution < -0.4 is 11.1 Å². The van der Waals surface area contributed by atoms with E-state index in [4.69, 9.17) is 5.73 Å². The standard InChI is InChI=1S/C11H18N4O/c1-11(2,7-4-5-7)13-10(16)9-8(12)6-15(3)14-9/h6-7H,4-5,12H2,1-3H3,(H,13,16). The van der Waals surface area contributed by atoms with Crippen molar-refractivity contribution in [3.05, 3.63) is 11.9 Å². The lowest BCUT2D eigenvalue weighted by Gasteiger charge is -2.25. The average Bonchev–Trinajstić information content (AvgIpc) is 2.92. The van der Waals surface area contributed by atoms with Crippen molar-refractivity contribution >= 4 is 11.6 Å². The Hall–Kier alpha value is -1.52. The lowest BCUT2D eigenvalue weighted by Crippen LogP contribution is -2.45. The first kappa shape index (κ1) is 11.0. The van der Waals surface area contributed by atoms with E-state index in [0.29, 0.717) is 17.3 Å². The molecule has 5 nitrogen and oxygen atoms in total. The predicted molar refractivity (Wildman–Crippen MR) is 61.9 cm³/mol. The van der Waals surface area contributed by atoms with Gasteiger partial charge >= 0.3 is 0 Å². The van der Waals surface area contributed by atoms with E-state index < -0.39 is 0 Å². The summed E-state index contributed by atoms with van der Waals surface area (Å²) in [6, 6.07) is 0. The molecule has 0 aliphatic heterocycles. The lowest BCUT2D eigenvalue weighted by atomic mass is 9.98. The second kappa shape index (κ2) is 3.50. The molecule has 0 unspecified atom stereocenters. The van der Waals surface area contributed by atoms with Gasteiger partial charge in [-0.25, -0.2) is 0 Å². The smallest absolute Gasteiger partial charge is 0.274 e. The van der Waals surface area contributed by atoms with Crippen LogP contribution in [0.4, 0.5) is 5.69 Å². The van der Waals surface area contributed by atoms with E-state index in [1.165, 1.54) is 12.8 Å². The molecule has 16 heavy (non-hydrogen) atoms. The Morgan fingerprint density at radius 2 is 2.25 bits per heavy atom. The van der Waals surface area contributed by atoms with Crippen LogP contribution in [0.25, 0.3) is 0 Å². The van der Waals surface area contributed by atoms with E-state index in [9.17, 15) is 4.79 Å². The molecule has 0 bridgehead atoms. The largest absolute Gasteiger partial charge is 0.396 e. The third-order valence-electron chi connectivity index (χ3n) is 3.11. The van der Waals surface area contributed by atoms with Gasteiger partial charge in [0.05, 0.1) is 5.69 Å². The number of nitrogens with one attached hydrogen (secondary N) is 1. The fraction of sp³-hybridized carbons (Fsp3) is 0.636. The Bertz CT molecular complexity index is 418. The number of hydrogen-bond acceptors (Lipinski definition) is 3. The van der Waals surface area contributed by atoms with Crippen LogP contribution in [-0.2, 0) is 7.05 Å². The molecule has 1 amide bonds. The first-order valence-electron chi connectivity index (χ1n) is 5.52. The monoisotopic (exact) mass is 222 g/mol. The van der Waals surface area contributed by atoms with Crippen molar-refractivity contribution in [2.45, 2.75) is 32.2 Å². The van der Waals surface area contributed by atoms with Crippen LogP contribution in [0, 0.1) is 5.92 Å². The summed E-state index contributed by atoms with van der Waals surface area (Å²) in [7, 11) is 1.75. The fourth-order valence-corrected chi connectivity index (χ4v) is 1.94. The molecule has 2 rings (SSSR count). The van der Waals surface area contributed by atoms with Gasteiger partial charge in [0.2, 0.25) is 0 Å². The van der Waals surface area contributed by atoms with Crippen LogP contribution in [-0.4, -0.2) is 21.2 Å². The minimum atomic E-state index is -0.185. The highest BCUT2D eigenvalue weighted by atomic mass is 16.2. The molecule has 1 aromatic rings. The molecule has 1 aliphatic carbocycles. The van der Waals surface area contributed by atoms with Crippen molar-refractivity contribution in [2.24, 2.45) is 13.0 Å². The van der Waals surface area contributed by atoms with Gasteiger partial charge < -0.3 is 11.1 Å². The zero-order chi connectivity index (χ0) is 11.9. The Balaban J connectivity index is 2.11. The number of hydrogen-bond donors (Lipinski definition) is 2. The Morgan fingerprint density at radius 1 is 1.62 bits per heavy atom. The summed E-state index contributed by atoms with van der Waals surface area (Å²) in [6.45, 7) is 4.09. The van der Waals surface area contributed by atoms with Crippen LogP contribution in [0.1, 0.15) is 37.2 Å². The van der Waals surface area contributed by atoms with Crippen molar-refractivity contribution in [1.29, 1.82) is 0 Å². The van der Waals surface area contributed by atoms with Crippen molar-refractivity contribution < 1.29 is 4.79 Å². The van der Waals surface area contributed by atoms with Crippen molar-refractivity contribution in [2.75, 3.05) is 5.73 Å². The third-order valence-corrected chi connectivity index (χ3v) is 3.11. The zero-order valence-corrected chi connectivity index (χ0v) is 9.95. The Morgan fingerprint density at radius 3 is 2.69 bits per heavy atom. The summed E-state index contributed by atoms with van der Waals surface area (Å²) >= 11 is 0. The summed E-state index contributed by atoms with van der Waals surface area (Å²) in [5, 5.41) is 7.05. The molecule has 1 aliphatic rings. The molecule has 5 heteroatoms. The van der Waals surface area contributed by atoms with Gasteiger partial charge in [-0.15, -0.1) is 0 Å². The molecular weight excluding hydrogens is 204 g/mol. The first-order chi connectivity index (χ1) is 7.40. The number of aryl methyl sites for hydroxylation is 1. The van der Waals surface area contributed by atoms with Crippen LogP contribution in [0.15, 0.2) is 6.20 Å². The molecule has 0 atom stereocenters. The first-order valence-corrected chi connectivity index (χ1v) is 5.52. The molecule has 88 valence electrons. The number of carbonyl (C=O) groups is 1. The molecule has 1 saturated carbocycles.